The first-order valence-electron chi connectivity index (χ1n) is 7.34. The number of hydrogen-bond donors (Lipinski definition) is 1. The van der Waals surface area contributed by atoms with Crippen LogP contribution in [0.5, 0.6) is 17.2 Å². The number of nitrogens with one attached hydrogen (secondary N) is 1. The molecule has 0 saturated carbocycles. The summed E-state index contributed by atoms with van der Waals surface area (Å²) in [5.74, 6) is 1.29. The Hall–Kier alpha value is -2.40. The SMILES string of the molecule is COc1cccc(OC)c1C(=O)NCc1cc(Cl)cc(C)c1OC. The third kappa shape index (κ3) is 3.74. The van der Waals surface area contributed by atoms with Gasteiger partial charge in [-0.05, 0) is 36.8 Å². The zero-order valence-electron chi connectivity index (χ0n) is 14.1. The van der Waals surface area contributed by atoms with Gasteiger partial charge in [-0.1, -0.05) is 17.7 Å². The summed E-state index contributed by atoms with van der Waals surface area (Å²) in [4.78, 5) is 12.6. The summed E-state index contributed by atoms with van der Waals surface area (Å²) in [6, 6.07) is 8.77. The molecule has 128 valence electrons. The van der Waals surface area contributed by atoms with Crippen LogP contribution in [0.15, 0.2) is 30.3 Å². The number of rotatable bonds is 6. The second-order valence-electron chi connectivity index (χ2n) is 5.14. The quantitative estimate of drug-likeness (QED) is 0.865. The number of amides is 1. The molecule has 5 nitrogen and oxygen atoms in total. The van der Waals surface area contributed by atoms with Crippen LogP contribution in [-0.4, -0.2) is 27.2 Å². The van der Waals surface area contributed by atoms with Crippen LogP contribution in [-0.2, 0) is 6.54 Å². The number of carbonyl (C=O) groups excluding carboxylic acids is 1. The van der Waals surface area contributed by atoms with E-state index in [2.05, 4.69) is 5.32 Å². The minimum Gasteiger partial charge on any atom is -0.496 e. The van der Waals surface area contributed by atoms with Crippen molar-refractivity contribution in [1.29, 1.82) is 0 Å². The lowest BCUT2D eigenvalue weighted by atomic mass is 10.1. The number of aryl methyl sites for hydroxylation is 1. The van der Waals surface area contributed by atoms with Gasteiger partial charge in [0, 0.05) is 17.1 Å². The molecular formula is C18H20ClNO4. The van der Waals surface area contributed by atoms with Crippen LogP contribution in [0.2, 0.25) is 5.02 Å². The van der Waals surface area contributed by atoms with Gasteiger partial charge in [0.05, 0.1) is 21.3 Å². The second-order valence-corrected chi connectivity index (χ2v) is 5.57. The van der Waals surface area contributed by atoms with Crippen LogP contribution in [0.1, 0.15) is 21.5 Å². The van der Waals surface area contributed by atoms with Gasteiger partial charge in [0.25, 0.3) is 5.91 Å². The lowest BCUT2D eigenvalue weighted by Crippen LogP contribution is -2.24. The summed E-state index contributed by atoms with van der Waals surface area (Å²) >= 11 is 6.10. The molecule has 0 aliphatic heterocycles. The highest BCUT2D eigenvalue weighted by Crippen LogP contribution is 2.30. The van der Waals surface area contributed by atoms with Crippen molar-refractivity contribution in [1.82, 2.24) is 5.32 Å². The molecule has 24 heavy (non-hydrogen) atoms. The van der Waals surface area contributed by atoms with Gasteiger partial charge in [-0.2, -0.15) is 0 Å². The maximum absolute atomic E-state index is 12.6. The molecule has 0 aromatic heterocycles. The molecule has 0 spiro atoms. The highest BCUT2D eigenvalue weighted by Gasteiger charge is 2.18. The lowest BCUT2D eigenvalue weighted by Gasteiger charge is -2.15. The van der Waals surface area contributed by atoms with E-state index in [1.165, 1.54) is 14.2 Å². The minimum atomic E-state index is -0.302. The number of hydrogen-bond acceptors (Lipinski definition) is 4. The van der Waals surface area contributed by atoms with E-state index in [0.29, 0.717) is 27.8 Å². The van der Waals surface area contributed by atoms with E-state index in [1.54, 1.807) is 31.4 Å². The van der Waals surface area contributed by atoms with Crippen molar-refractivity contribution in [3.05, 3.63) is 52.0 Å². The van der Waals surface area contributed by atoms with Crippen LogP contribution in [0, 0.1) is 6.92 Å². The summed E-state index contributed by atoms with van der Waals surface area (Å²) < 4.78 is 15.9. The van der Waals surface area contributed by atoms with Crippen LogP contribution in [0.4, 0.5) is 0 Å². The van der Waals surface area contributed by atoms with Gasteiger partial charge >= 0.3 is 0 Å². The van der Waals surface area contributed by atoms with Crippen LogP contribution in [0.3, 0.4) is 0 Å². The largest absolute Gasteiger partial charge is 0.496 e. The first-order chi connectivity index (χ1) is 11.5. The normalized spacial score (nSPS) is 10.2. The number of ether oxygens (including phenoxy) is 3. The molecule has 2 aromatic carbocycles. The molecule has 1 N–H and O–H groups in total. The molecule has 0 bridgehead atoms. The Morgan fingerprint density at radius 1 is 1.08 bits per heavy atom. The van der Waals surface area contributed by atoms with E-state index in [0.717, 1.165) is 11.1 Å². The third-order valence-electron chi connectivity index (χ3n) is 3.61. The average Bonchev–Trinajstić information content (AvgIpc) is 2.58. The summed E-state index contributed by atoms with van der Waals surface area (Å²) in [5.41, 5.74) is 2.05. The molecule has 6 heteroatoms. The lowest BCUT2D eigenvalue weighted by molar-refractivity contribution is 0.0944. The molecule has 0 saturated heterocycles. The van der Waals surface area contributed by atoms with Crippen molar-refractivity contribution < 1.29 is 19.0 Å². The Morgan fingerprint density at radius 2 is 1.71 bits per heavy atom. The molecule has 0 heterocycles. The monoisotopic (exact) mass is 349 g/mol. The highest BCUT2D eigenvalue weighted by atomic mass is 35.5. The molecule has 2 aromatic rings. The average molecular weight is 350 g/mol. The van der Waals surface area contributed by atoms with Gasteiger partial charge in [-0.25, -0.2) is 0 Å². The Labute approximate surface area is 146 Å². The van der Waals surface area contributed by atoms with E-state index in [-0.39, 0.29) is 12.5 Å². The fourth-order valence-electron chi connectivity index (χ4n) is 2.56. The van der Waals surface area contributed by atoms with Gasteiger partial charge in [0.15, 0.2) is 0 Å². The summed E-state index contributed by atoms with van der Waals surface area (Å²) in [7, 11) is 4.61. The Kier molecular flexibility index (Phi) is 5.93. The van der Waals surface area contributed by atoms with Gasteiger partial charge in [-0.3, -0.25) is 4.79 Å². The molecule has 0 unspecified atom stereocenters. The van der Waals surface area contributed by atoms with Crippen molar-refractivity contribution in [2.75, 3.05) is 21.3 Å². The molecule has 0 fully saturated rings. The van der Waals surface area contributed by atoms with Gasteiger partial charge in [-0.15, -0.1) is 0 Å². The number of halogens is 1. The Morgan fingerprint density at radius 3 is 2.25 bits per heavy atom. The molecule has 0 radical (unpaired) electrons. The predicted octanol–water partition coefficient (Wildman–Crippen LogP) is 3.60. The Bertz CT molecular complexity index is 724. The molecule has 0 atom stereocenters. The highest BCUT2D eigenvalue weighted by molar-refractivity contribution is 6.30. The second kappa shape index (κ2) is 7.93. The van der Waals surface area contributed by atoms with E-state index in [4.69, 9.17) is 25.8 Å². The Balaban J connectivity index is 2.27. The first-order valence-corrected chi connectivity index (χ1v) is 7.71. The number of methoxy groups -OCH3 is 3. The van der Waals surface area contributed by atoms with Crippen molar-refractivity contribution in [3.63, 3.8) is 0 Å². The predicted molar refractivity (Wildman–Crippen MR) is 93.5 cm³/mol. The maximum atomic E-state index is 12.6. The fourth-order valence-corrected chi connectivity index (χ4v) is 2.86. The van der Waals surface area contributed by atoms with Gasteiger partial charge < -0.3 is 19.5 Å². The molecule has 0 aliphatic carbocycles. The van der Waals surface area contributed by atoms with Crippen LogP contribution >= 0.6 is 11.6 Å². The minimum absolute atomic E-state index is 0.268. The molecule has 1 amide bonds. The first kappa shape index (κ1) is 17.9. The van der Waals surface area contributed by atoms with Crippen molar-refractivity contribution in [3.8, 4) is 17.2 Å². The smallest absolute Gasteiger partial charge is 0.259 e. The summed E-state index contributed by atoms with van der Waals surface area (Å²) in [6.07, 6.45) is 0. The number of carbonyl (C=O) groups is 1. The van der Waals surface area contributed by atoms with Crippen molar-refractivity contribution >= 4 is 17.5 Å². The van der Waals surface area contributed by atoms with Crippen molar-refractivity contribution in [2.24, 2.45) is 0 Å². The van der Waals surface area contributed by atoms with Crippen molar-refractivity contribution in [2.45, 2.75) is 13.5 Å². The van der Waals surface area contributed by atoms with E-state index < -0.39 is 0 Å². The molecule has 2 rings (SSSR count). The van der Waals surface area contributed by atoms with Crippen LogP contribution < -0.4 is 19.5 Å². The van der Waals surface area contributed by atoms with E-state index in [9.17, 15) is 4.79 Å². The standard InChI is InChI=1S/C18H20ClNO4/c1-11-8-13(19)9-12(17(11)24-4)10-20-18(21)16-14(22-2)6-5-7-15(16)23-3/h5-9H,10H2,1-4H3,(H,20,21). The zero-order chi connectivity index (χ0) is 17.7. The summed E-state index contributed by atoms with van der Waals surface area (Å²) in [5, 5.41) is 3.45. The maximum Gasteiger partial charge on any atom is 0.259 e. The third-order valence-corrected chi connectivity index (χ3v) is 3.83. The zero-order valence-corrected chi connectivity index (χ0v) is 14.9. The number of benzene rings is 2. The summed E-state index contributed by atoms with van der Waals surface area (Å²) in [6.45, 7) is 2.17. The van der Waals surface area contributed by atoms with Gasteiger partial charge in [0.2, 0.25) is 0 Å². The van der Waals surface area contributed by atoms with E-state index >= 15 is 0 Å². The topological polar surface area (TPSA) is 56.8 Å². The molecular weight excluding hydrogens is 330 g/mol. The van der Waals surface area contributed by atoms with Gasteiger partial charge in [0.1, 0.15) is 22.8 Å². The van der Waals surface area contributed by atoms with E-state index in [1.807, 2.05) is 13.0 Å². The van der Waals surface area contributed by atoms with Crippen LogP contribution in [0.25, 0.3) is 0 Å². The molecule has 0 aliphatic rings. The fraction of sp³-hybridized carbons (Fsp3) is 0.278.